The zero-order valence-corrected chi connectivity index (χ0v) is 24.0. The van der Waals surface area contributed by atoms with Crippen LogP contribution in [-0.4, -0.2) is 34.8 Å². The molecule has 213 valence electrons. The Morgan fingerprint density at radius 2 is 1.76 bits per heavy atom. The topological polar surface area (TPSA) is 90.0 Å². The zero-order valence-electron chi connectivity index (χ0n) is 23.2. The van der Waals surface area contributed by atoms with Crippen molar-refractivity contribution in [3.8, 4) is 10.4 Å². The van der Waals surface area contributed by atoms with Gasteiger partial charge in [-0.25, -0.2) is 9.18 Å². The molecule has 7 nitrogen and oxygen atoms in total. The van der Waals surface area contributed by atoms with Crippen molar-refractivity contribution in [2.24, 2.45) is 0 Å². The molecule has 42 heavy (non-hydrogen) atoms. The number of fused-ring (bicyclic) bond motifs is 1. The maximum absolute atomic E-state index is 14.4. The van der Waals surface area contributed by atoms with Crippen LogP contribution in [-0.2, 0) is 29.1 Å². The van der Waals surface area contributed by atoms with Crippen LogP contribution in [0.2, 0.25) is 0 Å². The van der Waals surface area contributed by atoms with Crippen molar-refractivity contribution < 1.29 is 23.9 Å². The van der Waals surface area contributed by atoms with E-state index < -0.39 is 17.7 Å². The van der Waals surface area contributed by atoms with Gasteiger partial charge in [0.2, 0.25) is 5.91 Å². The van der Waals surface area contributed by atoms with E-state index >= 15 is 0 Å². The number of anilines is 2. The van der Waals surface area contributed by atoms with E-state index in [0.29, 0.717) is 23.8 Å². The maximum Gasteiger partial charge on any atom is 0.333 e. The summed E-state index contributed by atoms with van der Waals surface area (Å²) in [6.45, 7) is 6.21. The smallest absolute Gasteiger partial charge is 0.333 e. The van der Waals surface area contributed by atoms with Gasteiger partial charge in [-0.15, -0.1) is 11.3 Å². The number of amides is 2. The number of hydrogen-bond donors (Lipinski definition) is 2. The second-order valence-electron chi connectivity index (χ2n) is 10.2. The lowest BCUT2D eigenvalue weighted by Crippen LogP contribution is -2.30. The maximum atomic E-state index is 14.4. The minimum Gasteiger partial charge on any atom is -0.478 e. The van der Waals surface area contributed by atoms with Gasteiger partial charge in [0.15, 0.2) is 0 Å². The highest BCUT2D eigenvalue weighted by Gasteiger charge is 2.32. The monoisotopic (exact) mass is 582 g/mol. The van der Waals surface area contributed by atoms with Crippen LogP contribution in [0.3, 0.4) is 0 Å². The van der Waals surface area contributed by atoms with Gasteiger partial charge in [-0.3, -0.25) is 19.4 Å². The van der Waals surface area contributed by atoms with Gasteiger partial charge >= 0.3 is 5.97 Å². The van der Waals surface area contributed by atoms with Gasteiger partial charge < -0.3 is 10.4 Å². The predicted molar refractivity (Wildman–Crippen MR) is 163 cm³/mol. The summed E-state index contributed by atoms with van der Waals surface area (Å²) >= 11 is 1.38. The van der Waals surface area contributed by atoms with Gasteiger partial charge in [-0.2, -0.15) is 0 Å². The molecule has 0 saturated heterocycles. The summed E-state index contributed by atoms with van der Waals surface area (Å²) in [7, 11) is 1.99. The van der Waals surface area contributed by atoms with Gasteiger partial charge in [0, 0.05) is 48.8 Å². The third-order valence-electron chi connectivity index (χ3n) is 6.95. The Morgan fingerprint density at radius 3 is 2.40 bits per heavy atom. The molecule has 1 aliphatic heterocycles. The van der Waals surface area contributed by atoms with Crippen molar-refractivity contribution in [2.75, 3.05) is 17.3 Å². The van der Waals surface area contributed by atoms with E-state index in [1.54, 1.807) is 12.1 Å². The minimum atomic E-state index is -1.13. The first-order chi connectivity index (χ1) is 20.1. The minimum absolute atomic E-state index is 0.0578. The summed E-state index contributed by atoms with van der Waals surface area (Å²) in [5.41, 5.74) is 4.60. The normalized spacial score (nSPS) is 12.6. The van der Waals surface area contributed by atoms with Gasteiger partial charge in [-0.1, -0.05) is 48.5 Å². The van der Waals surface area contributed by atoms with E-state index in [2.05, 4.69) is 17.1 Å². The first-order valence-electron chi connectivity index (χ1n) is 13.2. The molecule has 1 aromatic heterocycles. The molecule has 0 atom stereocenters. The highest BCUT2D eigenvalue weighted by molar-refractivity contribution is 7.20. The van der Waals surface area contributed by atoms with Crippen molar-refractivity contribution in [3.63, 3.8) is 0 Å². The molecule has 3 aromatic carbocycles. The highest BCUT2D eigenvalue weighted by Crippen LogP contribution is 2.46. The van der Waals surface area contributed by atoms with Crippen LogP contribution in [0.4, 0.5) is 15.1 Å². The molecule has 1 aliphatic rings. The molecule has 0 bridgehead atoms. The molecule has 1 radical (unpaired) electrons. The Labute approximate surface area is 247 Å². The number of carboxylic acid groups (broad SMARTS) is 1. The number of benzene rings is 3. The summed E-state index contributed by atoms with van der Waals surface area (Å²) in [4.78, 5) is 41.8. The van der Waals surface area contributed by atoms with Crippen LogP contribution in [0.5, 0.6) is 0 Å². The summed E-state index contributed by atoms with van der Waals surface area (Å²) in [6.07, 6.45) is 1.47. The second kappa shape index (κ2) is 12.1. The van der Waals surface area contributed by atoms with Crippen molar-refractivity contribution in [1.82, 2.24) is 4.90 Å². The van der Waals surface area contributed by atoms with Crippen LogP contribution < -0.4 is 10.2 Å². The number of hydrogen-bond acceptors (Lipinski definition) is 5. The van der Waals surface area contributed by atoms with Crippen LogP contribution in [0.1, 0.15) is 39.5 Å². The Kier molecular flexibility index (Phi) is 8.33. The van der Waals surface area contributed by atoms with Crippen LogP contribution >= 0.6 is 11.3 Å². The quantitative estimate of drug-likeness (QED) is 0.248. The van der Waals surface area contributed by atoms with E-state index in [4.69, 9.17) is 0 Å². The van der Waals surface area contributed by atoms with E-state index in [-0.39, 0.29) is 29.0 Å². The Hall–Kier alpha value is -4.60. The number of halogens is 1. The van der Waals surface area contributed by atoms with Crippen molar-refractivity contribution >= 4 is 39.8 Å². The van der Waals surface area contributed by atoms with E-state index in [1.165, 1.54) is 41.5 Å². The van der Waals surface area contributed by atoms with E-state index in [1.807, 2.05) is 49.5 Å². The molecular formula is C33H29FN3O4S. The van der Waals surface area contributed by atoms with Gasteiger partial charge in [0.05, 0.1) is 5.57 Å². The first-order valence-corrected chi connectivity index (χ1v) is 14.1. The van der Waals surface area contributed by atoms with Crippen LogP contribution in [0.25, 0.3) is 10.4 Å². The molecule has 5 rings (SSSR count). The average molecular weight is 583 g/mol. The lowest BCUT2D eigenvalue weighted by Gasteiger charge is -2.25. The Morgan fingerprint density at radius 1 is 1.05 bits per heavy atom. The molecule has 9 heteroatoms. The molecular weight excluding hydrogens is 553 g/mol. The fourth-order valence-electron chi connectivity index (χ4n) is 4.94. The summed E-state index contributed by atoms with van der Waals surface area (Å²) in [5.74, 6) is -2.46. The van der Waals surface area contributed by atoms with Gasteiger partial charge in [0.1, 0.15) is 10.8 Å². The van der Waals surface area contributed by atoms with Gasteiger partial charge in [-0.05, 0) is 66.1 Å². The molecule has 0 unspecified atom stereocenters. The summed E-state index contributed by atoms with van der Waals surface area (Å²) in [6, 6.07) is 21.4. The molecule has 2 heterocycles. The fraction of sp³-hybridized carbons (Fsp3) is 0.152. The summed E-state index contributed by atoms with van der Waals surface area (Å²) in [5, 5.41) is 13.4. The number of carbonyl (C=O) groups excluding carboxylic acids is 2. The van der Waals surface area contributed by atoms with Crippen molar-refractivity contribution in [2.45, 2.75) is 26.4 Å². The number of nitrogens with zero attached hydrogens (tertiary/aromatic N) is 2. The predicted octanol–water partition coefficient (Wildman–Crippen LogP) is 6.50. The Balaban J connectivity index is 1.61. The number of nitrogens with one attached hydrogen (secondary N) is 1. The molecule has 0 aliphatic carbocycles. The van der Waals surface area contributed by atoms with Crippen molar-refractivity contribution in [3.05, 3.63) is 125 Å². The largest absolute Gasteiger partial charge is 0.478 e. The standard InChI is InChI=1S/C33H29FN3O4S/c1-20-9-10-24(16-29(20)34)31(39)37-18-25(33(40)41)15-27-28(19-36(3)17-22-7-5-4-6-8-22)30(42-32(27)37)23-11-13-26(14-12-23)35-21(2)38/h4-14,16,18H,1,15,17,19H2,2-3H3,(H,35,38)(H,40,41). The molecule has 4 aromatic rings. The number of thiophene rings is 1. The molecule has 0 fully saturated rings. The highest BCUT2D eigenvalue weighted by atomic mass is 32.1. The lowest BCUT2D eigenvalue weighted by atomic mass is 9.96. The number of aliphatic carboxylic acids is 1. The fourth-order valence-corrected chi connectivity index (χ4v) is 6.25. The van der Waals surface area contributed by atoms with Crippen LogP contribution in [0, 0.1) is 12.7 Å². The van der Waals surface area contributed by atoms with E-state index in [9.17, 15) is 23.9 Å². The van der Waals surface area contributed by atoms with Crippen LogP contribution in [0.15, 0.2) is 84.6 Å². The lowest BCUT2D eigenvalue weighted by molar-refractivity contribution is -0.132. The first kappa shape index (κ1) is 28.9. The molecule has 0 saturated carbocycles. The van der Waals surface area contributed by atoms with E-state index in [0.717, 1.165) is 33.2 Å². The molecule has 2 N–H and O–H groups in total. The third kappa shape index (κ3) is 6.17. The molecule has 2 amide bonds. The number of rotatable bonds is 8. The SMILES string of the molecule is [CH2]c1ccc(C(=O)N2C=C(C(=O)O)Cc3c2sc(-c2ccc(NC(C)=O)cc2)c3CN(C)Cc2ccccc2)cc1F. The summed E-state index contributed by atoms with van der Waals surface area (Å²) < 4.78 is 14.4. The second-order valence-corrected chi connectivity index (χ2v) is 11.2. The Bertz CT molecular complexity index is 1700. The van der Waals surface area contributed by atoms with Gasteiger partial charge in [0.25, 0.3) is 5.91 Å². The number of carbonyl (C=O) groups is 3. The zero-order chi connectivity index (χ0) is 30.0. The van der Waals surface area contributed by atoms with Crippen molar-refractivity contribution in [1.29, 1.82) is 0 Å². The average Bonchev–Trinajstić information content (AvgIpc) is 3.32. The molecule has 0 spiro atoms. The number of carboxylic acids is 1. The third-order valence-corrected chi connectivity index (χ3v) is 8.27.